The fourth-order valence-electron chi connectivity index (χ4n) is 3.72. The molecule has 8 heteroatoms. The molecule has 1 saturated heterocycles. The zero-order valence-electron chi connectivity index (χ0n) is 16.6. The first-order valence-corrected chi connectivity index (χ1v) is 11.9. The van der Waals surface area contributed by atoms with Crippen LogP contribution in [0.1, 0.15) is 26.2 Å². The third-order valence-electron chi connectivity index (χ3n) is 5.51. The molecular weight excluding hydrogens is 404 g/mol. The van der Waals surface area contributed by atoms with Crippen LogP contribution in [0, 0.1) is 5.92 Å². The number of aromatic nitrogens is 2. The van der Waals surface area contributed by atoms with Gasteiger partial charge in [-0.25, -0.2) is 4.98 Å². The van der Waals surface area contributed by atoms with Crippen molar-refractivity contribution in [2.45, 2.75) is 32.7 Å². The van der Waals surface area contributed by atoms with Crippen molar-refractivity contribution in [3.63, 3.8) is 0 Å². The first kappa shape index (κ1) is 20.3. The monoisotopic (exact) mass is 430 g/mol. The highest BCUT2D eigenvalue weighted by Gasteiger charge is 2.16. The fraction of sp³-hybridized carbons (Fsp3) is 0.476. The van der Waals surface area contributed by atoms with Crippen LogP contribution in [-0.2, 0) is 11.3 Å². The molecule has 0 aliphatic carbocycles. The molecule has 1 amide bonds. The van der Waals surface area contributed by atoms with E-state index in [0.29, 0.717) is 16.8 Å². The van der Waals surface area contributed by atoms with Gasteiger partial charge in [0, 0.05) is 22.4 Å². The predicted molar refractivity (Wildman–Crippen MR) is 120 cm³/mol. The number of fused-ring (bicyclic) bond motifs is 1. The molecule has 4 rings (SSSR count). The van der Waals surface area contributed by atoms with Crippen molar-refractivity contribution in [1.82, 2.24) is 19.8 Å². The predicted octanol–water partition coefficient (Wildman–Crippen LogP) is 3.42. The molecule has 0 aromatic carbocycles. The number of hydrogen-bond donors (Lipinski definition) is 1. The van der Waals surface area contributed by atoms with Crippen LogP contribution < -0.4 is 10.9 Å². The average molecular weight is 431 g/mol. The van der Waals surface area contributed by atoms with Crippen LogP contribution in [0.5, 0.6) is 0 Å². The Morgan fingerprint density at radius 1 is 1.31 bits per heavy atom. The van der Waals surface area contributed by atoms with E-state index in [4.69, 9.17) is 0 Å². The summed E-state index contributed by atoms with van der Waals surface area (Å²) in [6.07, 6.45) is 4.94. The Morgan fingerprint density at radius 2 is 2.14 bits per heavy atom. The minimum absolute atomic E-state index is 0.00271. The summed E-state index contributed by atoms with van der Waals surface area (Å²) in [6, 6.07) is 3.97. The van der Waals surface area contributed by atoms with Gasteiger partial charge < -0.3 is 10.2 Å². The van der Waals surface area contributed by atoms with Crippen molar-refractivity contribution >= 4 is 38.8 Å². The quantitative estimate of drug-likeness (QED) is 0.583. The second-order valence-corrected chi connectivity index (χ2v) is 9.52. The molecule has 6 nitrogen and oxygen atoms in total. The molecule has 0 radical (unpaired) electrons. The molecule has 29 heavy (non-hydrogen) atoms. The van der Waals surface area contributed by atoms with E-state index in [1.54, 1.807) is 11.3 Å². The Bertz CT molecular complexity index is 1020. The molecule has 0 atom stereocenters. The molecule has 0 bridgehead atoms. The van der Waals surface area contributed by atoms with Gasteiger partial charge >= 0.3 is 0 Å². The number of nitrogens with one attached hydrogen (secondary N) is 1. The molecule has 1 fully saturated rings. The van der Waals surface area contributed by atoms with Crippen molar-refractivity contribution in [1.29, 1.82) is 0 Å². The van der Waals surface area contributed by atoms with Crippen molar-refractivity contribution in [3.8, 4) is 10.4 Å². The zero-order chi connectivity index (χ0) is 20.2. The lowest BCUT2D eigenvalue weighted by molar-refractivity contribution is -0.121. The summed E-state index contributed by atoms with van der Waals surface area (Å²) < 4.78 is 1.41. The summed E-state index contributed by atoms with van der Waals surface area (Å²) in [5, 5.41) is 7.51. The minimum atomic E-state index is -0.155. The van der Waals surface area contributed by atoms with Crippen LogP contribution in [0.2, 0.25) is 0 Å². The second-order valence-electron chi connectivity index (χ2n) is 7.71. The molecule has 1 N–H and O–H groups in total. The van der Waals surface area contributed by atoms with Crippen LogP contribution in [0.15, 0.2) is 34.0 Å². The Labute approximate surface area is 178 Å². The Hall–Kier alpha value is -2.03. The summed E-state index contributed by atoms with van der Waals surface area (Å²) >= 11 is 3.06. The molecule has 3 aromatic heterocycles. The van der Waals surface area contributed by atoms with E-state index in [1.807, 2.05) is 22.9 Å². The third-order valence-corrected chi connectivity index (χ3v) is 7.30. The van der Waals surface area contributed by atoms with Crippen LogP contribution in [0.3, 0.4) is 0 Å². The molecule has 0 unspecified atom stereocenters. The van der Waals surface area contributed by atoms with E-state index >= 15 is 0 Å². The number of rotatable bonds is 7. The Kier molecular flexibility index (Phi) is 6.42. The SMILES string of the molecule is CC1CCN(CCCNC(=O)Cn2cnc3scc(-c4cccs4)c3c2=O)CC1. The number of thiophene rings is 2. The van der Waals surface area contributed by atoms with Gasteiger partial charge in [-0.3, -0.25) is 14.2 Å². The molecule has 4 heterocycles. The van der Waals surface area contributed by atoms with Gasteiger partial charge in [0.1, 0.15) is 11.4 Å². The summed E-state index contributed by atoms with van der Waals surface area (Å²) in [5.74, 6) is 0.687. The lowest BCUT2D eigenvalue weighted by Gasteiger charge is -2.30. The third kappa shape index (κ3) is 4.76. The van der Waals surface area contributed by atoms with E-state index in [-0.39, 0.29) is 18.0 Å². The molecule has 1 aliphatic rings. The first-order valence-electron chi connectivity index (χ1n) is 10.1. The second kappa shape index (κ2) is 9.19. The van der Waals surface area contributed by atoms with Crippen molar-refractivity contribution in [3.05, 3.63) is 39.6 Å². The van der Waals surface area contributed by atoms with Crippen LogP contribution in [-0.4, -0.2) is 46.5 Å². The van der Waals surface area contributed by atoms with Crippen LogP contribution in [0.4, 0.5) is 0 Å². The van der Waals surface area contributed by atoms with Gasteiger partial charge in [0.15, 0.2) is 0 Å². The van der Waals surface area contributed by atoms with Crippen molar-refractivity contribution < 1.29 is 4.79 Å². The number of carbonyl (C=O) groups is 1. The Balaban J connectivity index is 1.34. The zero-order valence-corrected chi connectivity index (χ0v) is 18.2. The molecule has 1 aliphatic heterocycles. The summed E-state index contributed by atoms with van der Waals surface area (Å²) in [6.45, 7) is 6.27. The lowest BCUT2D eigenvalue weighted by Crippen LogP contribution is -2.36. The Morgan fingerprint density at radius 3 is 2.90 bits per heavy atom. The van der Waals surface area contributed by atoms with Gasteiger partial charge in [-0.1, -0.05) is 13.0 Å². The van der Waals surface area contributed by atoms with E-state index in [0.717, 1.165) is 42.4 Å². The number of hydrogen-bond acceptors (Lipinski definition) is 6. The van der Waals surface area contributed by atoms with Gasteiger partial charge in [0.25, 0.3) is 5.56 Å². The van der Waals surface area contributed by atoms with Crippen LogP contribution in [0.25, 0.3) is 20.7 Å². The average Bonchev–Trinajstić information content (AvgIpc) is 3.38. The highest BCUT2D eigenvalue weighted by atomic mass is 32.1. The molecule has 0 spiro atoms. The fourth-order valence-corrected chi connectivity index (χ4v) is 5.44. The first-order chi connectivity index (χ1) is 14.1. The number of amides is 1. The maximum Gasteiger partial charge on any atom is 0.263 e. The summed E-state index contributed by atoms with van der Waals surface area (Å²) in [7, 11) is 0. The lowest BCUT2D eigenvalue weighted by atomic mass is 9.99. The van der Waals surface area contributed by atoms with E-state index < -0.39 is 0 Å². The number of carbonyl (C=O) groups excluding carboxylic acids is 1. The topological polar surface area (TPSA) is 67.2 Å². The van der Waals surface area contributed by atoms with Gasteiger partial charge in [0.2, 0.25) is 5.91 Å². The molecular formula is C21H26N4O2S2. The highest BCUT2D eigenvalue weighted by molar-refractivity contribution is 7.18. The van der Waals surface area contributed by atoms with Gasteiger partial charge in [0.05, 0.1) is 11.7 Å². The van der Waals surface area contributed by atoms with Crippen LogP contribution >= 0.6 is 22.7 Å². The van der Waals surface area contributed by atoms with Crippen molar-refractivity contribution in [2.24, 2.45) is 5.92 Å². The van der Waals surface area contributed by atoms with Gasteiger partial charge in [-0.05, 0) is 56.3 Å². The maximum atomic E-state index is 13.0. The van der Waals surface area contributed by atoms with Gasteiger partial charge in [-0.2, -0.15) is 0 Å². The van der Waals surface area contributed by atoms with E-state index in [9.17, 15) is 9.59 Å². The van der Waals surface area contributed by atoms with E-state index in [1.165, 1.54) is 35.1 Å². The molecule has 154 valence electrons. The number of nitrogens with zero attached hydrogens (tertiary/aromatic N) is 3. The van der Waals surface area contributed by atoms with Gasteiger partial charge in [-0.15, -0.1) is 22.7 Å². The largest absolute Gasteiger partial charge is 0.354 e. The smallest absolute Gasteiger partial charge is 0.263 e. The molecule has 3 aromatic rings. The normalized spacial score (nSPS) is 15.8. The van der Waals surface area contributed by atoms with E-state index in [2.05, 4.69) is 22.1 Å². The standard InChI is InChI=1S/C21H26N4O2S2/c1-15-5-9-24(10-6-15)8-3-7-22-18(26)12-25-14-23-20-19(21(25)27)16(13-29-20)17-4-2-11-28-17/h2,4,11,13-15H,3,5-10,12H2,1H3,(H,22,26). The summed E-state index contributed by atoms with van der Waals surface area (Å²) in [5.41, 5.74) is 0.750. The number of piperidine rings is 1. The minimum Gasteiger partial charge on any atom is -0.354 e. The molecule has 0 saturated carbocycles. The number of likely N-dealkylation sites (tertiary alicyclic amines) is 1. The summed E-state index contributed by atoms with van der Waals surface area (Å²) in [4.78, 5) is 33.9. The maximum absolute atomic E-state index is 13.0. The highest BCUT2D eigenvalue weighted by Crippen LogP contribution is 2.33. The van der Waals surface area contributed by atoms with Crippen molar-refractivity contribution in [2.75, 3.05) is 26.2 Å².